The van der Waals surface area contributed by atoms with Gasteiger partial charge in [-0.05, 0) is 49.2 Å². The average molecular weight is 541 g/mol. The SMILES string of the molecule is CCOC(=O)c1c[nH]c(=O)c([C@H](CC(=O)NCc2ccc(OC)c(OCC)c2)c2ccc(OC)c(O)c2)c1O. The van der Waals surface area contributed by atoms with Gasteiger partial charge in [-0.2, -0.15) is 0 Å². The maximum atomic E-state index is 13.1. The Kier molecular flexibility index (Phi) is 9.80. The second-order valence-corrected chi connectivity index (χ2v) is 8.40. The first-order chi connectivity index (χ1) is 18.7. The van der Waals surface area contributed by atoms with E-state index in [-0.39, 0.29) is 42.2 Å². The summed E-state index contributed by atoms with van der Waals surface area (Å²) in [5.41, 5.74) is -0.0885. The minimum absolute atomic E-state index is 0.0568. The number of methoxy groups -OCH3 is 2. The van der Waals surface area contributed by atoms with Crippen molar-refractivity contribution in [3.8, 4) is 28.7 Å². The van der Waals surface area contributed by atoms with E-state index < -0.39 is 29.1 Å². The molecule has 4 N–H and O–H groups in total. The van der Waals surface area contributed by atoms with Gasteiger partial charge in [0.2, 0.25) is 5.91 Å². The van der Waals surface area contributed by atoms with Crippen molar-refractivity contribution in [3.63, 3.8) is 0 Å². The number of hydrogen-bond donors (Lipinski definition) is 4. The van der Waals surface area contributed by atoms with Crippen LogP contribution in [0.15, 0.2) is 47.4 Å². The molecular weight excluding hydrogens is 508 g/mol. The van der Waals surface area contributed by atoms with E-state index in [1.54, 1.807) is 31.2 Å². The van der Waals surface area contributed by atoms with Crippen molar-refractivity contribution in [2.45, 2.75) is 32.7 Å². The van der Waals surface area contributed by atoms with Crippen LogP contribution in [0.4, 0.5) is 0 Å². The zero-order valence-electron chi connectivity index (χ0n) is 22.2. The Labute approximate surface area is 225 Å². The molecule has 11 nitrogen and oxygen atoms in total. The molecule has 2 aromatic carbocycles. The Morgan fingerprint density at radius 1 is 0.974 bits per heavy atom. The number of pyridine rings is 1. The van der Waals surface area contributed by atoms with Crippen LogP contribution >= 0.6 is 0 Å². The molecule has 0 aliphatic rings. The number of esters is 1. The summed E-state index contributed by atoms with van der Waals surface area (Å²) in [6.07, 6.45) is 0.768. The number of amides is 1. The van der Waals surface area contributed by atoms with E-state index in [0.29, 0.717) is 23.7 Å². The summed E-state index contributed by atoms with van der Waals surface area (Å²) in [7, 11) is 2.92. The van der Waals surface area contributed by atoms with Crippen molar-refractivity contribution in [1.29, 1.82) is 0 Å². The first-order valence-electron chi connectivity index (χ1n) is 12.3. The van der Waals surface area contributed by atoms with Crippen LogP contribution in [0.5, 0.6) is 28.7 Å². The highest BCUT2D eigenvalue weighted by atomic mass is 16.5. The van der Waals surface area contributed by atoms with E-state index in [2.05, 4.69) is 10.3 Å². The molecule has 0 aliphatic heterocycles. The third-order valence-electron chi connectivity index (χ3n) is 5.96. The van der Waals surface area contributed by atoms with Crippen LogP contribution < -0.4 is 25.1 Å². The topological polar surface area (TPSA) is 156 Å². The lowest BCUT2D eigenvalue weighted by Crippen LogP contribution is -2.27. The number of carbonyl (C=O) groups excluding carboxylic acids is 2. The molecule has 208 valence electrons. The average Bonchev–Trinajstić information content (AvgIpc) is 2.91. The van der Waals surface area contributed by atoms with Crippen molar-refractivity contribution in [2.75, 3.05) is 27.4 Å². The molecule has 0 fully saturated rings. The van der Waals surface area contributed by atoms with Gasteiger partial charge in [0.1, 0.15) is 11.3 Å². The lowest BCUT2D eigenvalue weighted by Gasteiger charge is -2.20. The van der Waals surface area contributed by atoms with Crippen molar-refractivity contribution >= 4 is 11.9 Å². The maximum absolute atomic E-state index is 13.1. The summed E-state index contributed by atoms with van der Waals surface area (Å²) in [5, 5.41) is 24.1. The number of aromatic nitrogens is 1. The van der Waals surface area contributed by atoms with Crippen molar-refractivity contribution in [1.82, 2.24) is 10.3 Å². The summed E-state index contributed by atoms with van der Waals surface area (Å²) >= 11 is 0. The number of H-pyrrole nitrogens is 1. The number of nitrogens with one attached hydrogen (secondary N) is 2. The summed E-state index contributed by atoms with van der Waals surface area (Å²) in [4.78, 5) is 40.8. The molecule has 1 heterocycles. The monoisotopic (exact) mass is 540 g/mol. The summed E-state index contributed by atoms with van der Waals surface area (Å²) in [5.74, 6) is -1.88. The standard InChI is InChI=1S/C28H32N2O9/c1-5-38-23-11-16(7-9-22(23)37-4)14-29-24(32)13-18(17-8-10-21(36-3)20(31)12-17)25-26(33)19(15-30-27(25)34)28(35)39-6-2/h7-12,15,18,31H,5-6,13-14H2,1-4H3,(H,29,32)(H2,30,33,34)/t18-/m1/s1. The van der Waals surface area contributed by atoms with E-state index in [1.165, 1.54) is 26.4 Å². The number of phenolic OH excluding ortho intramolecular Hbond substituents is 1. The van der Waals surface area contributed by atoms with Gasteiger partial charge in [-0.3, -0.25) is 9.59 Å². The molecule has 1 aromatic heterocycles. The summed E-state index contributed by atoms with van der Waals surface area (Å²) < 4.78 is 20.9. The van der Waals surface area contributed by atoms with E-state index in [4.69, 9.17) is 18.9 Å². The number of phenols is 1. The number of benzene rings is 2. The van der Waals surface area contributed by atoms with Crippen LogP contribution in [0.2, 0.25) is 0 Å². The van der Waals surface area contributed by atoms with Crippen LogP contribution in [0, 0.1) is 0 Å². The highest BCUT2D eigenvalue weighted by molar-refractivity contribution is 5.92. The molecule has 0 saturated heterocycles. The second-order valence-electron chi connectivity index (χ2n) is 8.40. The Bertz CT molecular complexity index is 1380. The van der Waals surface area contributed by atoms with Gasteiger partial charge < -0.3 is 39.5 Å². The smallest absolute Gasteiger partial charge is 0.343 e. The number of hydrogen-bond acceptors (Lipinski definition) is 9. The molecule has 11 heteroatoms. The van der Waals surface area contributed by atoms with Crippen LogP contribution in [-0.2, 0) is 16.1 Å². The molecule has 0 aliphatic carbocycles. The Hall–Kier alpha value is -4.67. The van der Waals surface area contributed by atoms with Crippen LogP contribution in [0.25, 0.3) is 0 Å². The van der Waals surface area contributed by atoms with Gasteiger partial charge in [0.05, 0.1) is 33.0 Å². The molecule has 3 aromatic rings. The van der Waals surface area contributed by atoms with Crippen molar-refractivity contribution in [2.24, 2.45) is 0 Å². The fourth-order valence-corrected chi connectivity index (χ4v) is 4.09. The minimum Gasteiger partial charge on any atom is -0.506 e. The summed E-state index contributed by atoms with van der Waals surface area (Å²) in [6.45, 7) is 4.09. The first-order valence-corrected chi connectivity index (χ1v) is 12.3. The lowest BCUT2D eigenvalue weighted by molar-refractivity contribution is -0.121. The van der Waals surface area contributed by atoms with E-state index in [1.807, 2.05) is 6.92 Å². The van der Waals surface area contributed by atoms with E-state index in [9.17, 15) is 24.6 Å². The third-order valence-corrected chi connectivity index (χ3v) is 5.96. The van der Waals surface area contributed by atoms with Crippen LogP contribution in [0.3, 0.4) is 0 Å². The Morgan fingerprint density at radius 2 is 1.69 bits per heavy atom. The lowest BCUT2D eigenvalue weighted by atomic mass is 9.87. The fraction of sp³-hybridized carbons (Fsp3) is 0.321. The van der Waals surface area contributed by atoms with Gasteiger partial charge in [0.15, 0.2) is 23.0 Å². The molecular formula is C28H32N2O9. The molecule has 0 radical (unpaired) electrons. The van der Waals surface area contributed by atoms with E-state index >= 15 is 0 Å². The van der Waals surface area contributed by atoms with Gasteiger partial charge in [0, 0.05) is 25.1 Å². The van der Waals surface area contributed by atoms with Gasteiger partial charge in [0.25, 0.3) is 5.56 Å². The quantitative estimate of drug-likeness (QED) is 0.253. The molecule has 3 rings (SSSR count). The van der Waals surface area contributed by atoms with Crippen molar-refractivity contribution in [3.05, 3.63) is 75.2 Å². The number of carbonyl (C=O) groups is 2. The molecule has 1 atom stereocenters. The molecule has 1 amide bonds. The number of ether oxygens (including phenoxy) is 4. The molecule has 0 unspecified atom stereocenters. The number of aromatic amines is 1. The Balaban J connectivity index is 1.95. The predicted molar refractivity (Wildman–Crippen MR) is 142 cm³/mol. The van der Waals surface area contributed by atoms with Gasteiger partial charge in [-0.25, -0.2) is 4.79 Å². The maximum Gasteiger partial charge on any atom is 0.343 e. The second kappa shape index (κ2) is 13.2. The number of rotatable bonds is 12. The third kappa shape index (κ3) is 6.81. The van der Waals surface area contributed by atoms with Gasteiger partial charge in [-0.1, -0.05) is 12.1 Å². The predicted octanol–water partition coefficient (Wildman–Crippen LogP) is 3.22. The number of aromatic hydroxyl groups is 2. The van der Waals surface area contributed by atoms with Crippen molar-refractivity contribution < 1.29 is 38.7 Å². The fourth-order valence-electron chi connectivity index (χ4n) is 4.09. The van der Waals surface area contributed by atoms with Gasteiger partial charge in [-0.15, -0.1) is 0 Å². The first kappa shape index (κ1) is 28.9. The molecule has 0 saturated carbocycles. The van der Waals surface area contributed by atoms with Gasteiger partial charge >= 0.3 is 5.97 Å². The molecule has 39 heavy (non-hydrogen) atoms. The highest BCUT2D eigenvalue weighted by Crippen LogP contribution is 2.37. The van der Waals surface area contributed by atoms with Crippen LogP contribution in [0.1, 0.15) is 53.2 Å². The van der Waals surface area contributed by atoms with Crippen LogP contribution in [-0.4, -0.2) is 54.5 Å². The molecule has 0 spiro atoms. The zero-order chi connectivity index (χ0) is 28.5. The minimum atomic E-state index is -1.03. The largest absolute Gasteiger partial charge is 0.506 e. The highest BCUT2D eigenvalue weighted by Gasteiger charge is 2.28. The summed E-state index contributed by atoms with van der Waals surface area (Å²) in [6, 6.07) is 9.63. The van der Waals surface area contributed by atoms with E-state index in [0.717, 1.165) is 11.8 Å². The Morgan fingerprint density at radius 3 is 2.33 bits per heavy atom. The zero-order valence-corrected chi connectivity index (χ0v) is 22.2. The molecule has 0 bridgehead atoms. The normalized spacial score (nSPS) is 11.4.